The summed E-state index contributed by atoms with van der Waals surface area (Å²) in [5, 5.41) is 9.67. The minimum atomic E-state index is -0.918. The number of hydrogen-bond donors (Lipinski definition) is 3. The molecule has 2 aliphatic rings. The van der Waals surface area contributed by atoms with Crippen molar-refractivity contribution in [3.05, 3.63) is 53.8 Å². The average Bonchev–Trinajstić information content (AvgIpc) is 2.86. The Morgan fingerprint density at radius 1 is 1.14 bits per heavy atom. The molecule has 1 saturated heterocycles. The highest BCUT2D eigenvalue weighted by molar-refractivity contribution is 5.95. The van der Waals surface area contributed by atoms with Crippen LogP contribution in [0.2, 0.25) is 0 Å². The summed E-state index contributed by atoms with van der Waals surface area (Å²) < 4.78 is 11.4. The minimum Gasteiger partial charge on any atom is -0.497 e. The lowest BCUT2D eigenvalue weighted by Crippen LogP contribution is -2.52. The molecule has 1 aliphatic heterocycles. The first-order valence-electron chi connectivity index (χ1n) is 12.1. The van der Waals surface area contributed by atoms with Crippen molar-refractivity contribution in [3.8, 4) is 0 Å². The van der Waals surface area contributed by atoms with Crippen LogP contribution in [0.4, 0.5) is 0 Å². The van der Waals surface area contributed by atoms with Crippen molar-refractivity contribution >= 4 is 23.3 Å². The van der Waals surface area contributed by atoms with Crippen molar-refractivity contribution in [1.29, 1.82) is 5.41 Å². The second kappa shape index (κ2) is 12.5. The lowest BCUT2D eigenvalue weighted by Gasteiger charge is -2.41. The zero-order valence-corrected chi connectivity index (χ0v) is 20.7. The minimum absolute atomic E-state index is 0.00239. The van der Waals surface area contributed by atoms with E-state index in [0.29, 0.717) is 39.1 Å². The predicted octanol–water partition coefficient (Wildman–Crippen LogP) is 1.96. The number of allylic oxidation sites excluding steroid dienone is 3. The maximum atomic E-state index is 13.9. The maximum Gasteiger partial charge on any atom is 0.233 e. The van der Waals surface area contributed by atoms with Gasteiger partial charge in [0.15, 0.2) is 5.96 Å². The van der Waals surface area contributed by atoms with E-state index in [-0.39, 0.29) is 18.2 Å². The quantitative estimate of drug-likeness (QED) is 0.266. The Hall–Kier alpha value is -3.17. The molecule has 0 radical (unpaired) electrons. The number of nitrogens with two attached hydrogens (primary N) is 1. The molecule has 0 spiro atoms. The zero-order valence-electron chi connectivity index (χ0n) is 20.7. The Kier molecular flexibility index (Phi) is 9.45. The molecule has 9 heteroatoms. The van der Waals surface area contributed by atoms with Crippen molar-refractivity contribution in [3.63, 3.8) is 0 Å². The number of methoxy groups -OCH3 is 1. The van der Waals surface area contributed by atoms with Gasteiger partial charge in [-0.1, -0.05) is 42.5 Å². The average molecular weight is 484 g/mol. The smallest absolute Gasteiger partial charge is 0.233 e. The molecule has 1 aromatic rings. The summed E-state index contributed by atoms with van der Waals surface area (Å²) in [7, 11) is 3.70. The van der Waals surface area contributed by atoms with Crippen LogP contribution in [0.1, 0.15) is 31.2 Å². The summed E-state index contributed by atoms with van der Waals surface area (Å²) in [6.07, 6.45) is 5.35. The van der Waals surface area contributed by atoms with E-state index in [0.717, 1.165) is 36.4 Å². The number of benzene rings is 1. The van der Waals surface area contributed by atoms with Gasteiger partial charge >= 0.3 is 0 Å². The standard InChI is InChI=1S/C26H37N5O4/c1-30-13-15-31(16-14-30)24(33)26(12-10-23(32)29-25(27)28)11-9-21(20-7-4-3-5-8-20)22(19-26)35-18-6-17-34-2/h3-5,7-9,11H,6,10,12-19H2,1-2H3,(H4,27,28,29,32). The second-order valence-corrected chi connectivity index (χ2v) is 9.12. The Balaban J connectivity index is 1.90. The normalized spacial score (nSPS) is 20.6. The number of nitrogens with one attached hydrogen (secondary N) is 2. The third-order valence-electron chi connectivity index (χ3n) is 6.49. The summed E-state index contributed by atoms with van der Waals surface area (Å²) in [6.45, 7) is 3.95. The Morgan fingerprint density at radius 2 is 1.86 bits per heavy atom. The maximum absolute atomic E-state index is 13.9. The van der Waals surface area contributed by atoms with Gasteiger partial charge in [-0.15, -0.1) is 0 Å². The molecule has 35 heavy (non-hydrogen) atoms. The van der Waals surface area contributed by atoms with Gasteiger partial charge in [0.2, 0.25) is 11.8 Å². The molecule has 190 valence electrons. The molecule has 9 nitrogen and oxygen atoms in total. The molecule has 2 amide bonds. The van der Waals surface area contributed by atoms with Gasteiger partial charge in [0.1, 0.15) is 5.76 Å². The number of guanidine groups is 1. The van der Waals surface area contributed by atoms with E-state index >= 15 is 0 Å². The van der Waals surface area contributed by atoms with Crippen molar-refractivity contribution in [2.75, 3.05) is 53.6 Å². The highest BCUT2D eigenvalue weighted by atomic mass is 16.5. The third kappa shape index (κ3) is 7.16. The first kappa shape index (κ1) is 26.4. The van der Waals surface area contributed by atoms with Crippen molar-refractivity contribution in [2.24, 2.45) is 11.1 Å². The van der Waals surface area contributed by atoms with E-state index < -0.39 is 11.4 Å². The number of ether oxygens (including phenoxy) is 2. The summed E-state index contributed by atoms with van der Waals surface area (Å²) in [5.41, 5.74) is 6.37. The molecule has 4 N–H and O–H groups in total. The molecule has 1 atom stereocenters. The van der Waals surface area contributed by atoms with Gasteiger partial charge in [0.25, 0.3) is 0 Å². The van der Waals surface area contributed by atoms with Crippen LogP contribution in [0.5, 0.6) is 0 Å². The molecular weight excluding hydrogens is 446 g/mol. The molecular formula is C26H37N5O4. The number of piperazine rings is 1. The number of likely N-dealkylation sites (N-methyl/N-ethyl adjacent to an activating group) is 1. The topological polar surface area (TPSA) is 121 Å². The van der Waals surface area contributed by atoms with Crippen LogP contribution in [0.3, 0.4) is 0 Å². The fraction of sp³-hybridized carbons (Fsp3) is 0.500. The summed E-state index contributed by atoms with van der Waals surface area (Å²) in [5.74, 6) is -0.0364. The van der Waals surface area contributed by atoms with Gasteiger partial charge < -0.3 is 25.0 Å². The highest BCUT2D eigenvalue weighted by Crippen LogP contribution is 2.43. The SMILES string of the molecule is COCCCOC1=C(c2ccccc2)C=CC(CCC(=O)NC(=N)N)(C(=O)N2CCN(C)CC2)C1. The van der Waals surface area contributed by atoms with E-state index in [4.69, 9.17) is 20.6 Å². The second-order valence-electron chi connectivity index (χ2n) is 9.12. The van der Waals surface area contributed by atoms with Gasteiger partial charge in [0.05, 0.1) is 12.0 Å². The van der Waals surface area contributed by atoms with E-state index in [2.05, 4.69) is 10.2 Å². The summed E-state index contributed by atoms with van der Waals surface area (Å²) in [6, 6.07) is 9.95. The number of carbonyl (C=O) groups excluding carboxylic acids is 2. The van der Waals surface area contributed by atoms with Crippen molar-refractivity contribution < 1.29 is 19.1 Å². The summed E-state index contributed by atoms with van der Waals surface area (Å²) >= 11 is 0. The van der Waals surface area contributed by atoms with Crippen LogP contribution in [0, 0.1) is 10.8 Å². The largest absolute Gasteiger partial charge is 0.497 e. The van der Waals surface area contributed by atoms with Gasteiger partial charge in [0, 0.05) is 64.7 Å². The van der Waals surface area contributed by atoms with Crippen LogP contribution >= 0.6 is 0 Å². The first-order valence-corrected chi connectivity index (χ1v) is 12.1. The van der Waals surface area contributed by atoms with Crippen LogP contribution < -0.4 is 11.1 Å². The van der Waals surface area contributed by atoms with Gasteiger partial charge in [-0.25, -0.2) is 0 Å². The third-order valence-corrected chi connectivity index (χ3v) is 6.49. The molecule has 1 fully saturated rings. The van der Waals surface area contributed by atoms with Crippen molar-refractivity contribution in [1.82, 2.24) is 15.1 Å². The molecule has 1 unspecified atom stereocenters. The van der Waals surface area contributed by atoms with E-state index in [1.807, 2.05) is 54.4 Å². The van der Waals surface area contributed by atoms with Gasteiger partial charge in [-0.3, -0.25) is 20.3 Å². The zero-order chi connectivity index (χ0) is 25.3. The Bertz CT molecular complexity index is 954. The lowest BCUT2D eigenvalue weighted by molar-refractivity contribution is -0.142. The van der Waals surface area contributed by atoms with E-state index in [9.17, 15) is 9.59 Å². The number of hydrogen-bond acceptors (Lipinski definition) is 6. The number of nitrogens with zero attached hydrogens (tertiary/aromatic N) is 2. The summed E-state index contributed by atoms with van der Waals surface area (Å²) in [4.78, 5) is 30.4. The van der Waals surface area contributed by atoms with E-state index in [1.165, 1.54) is 0 Å². The molecule has 3 rings (SSSR count). The highest BCUT2D eigenvalue weighted by Gasteiger charge is 2.43. The van der Waals surface area contributed by atoms with Crippen LogP contribution in [0.15, 0.2) is 48.2 Å². The number of rotatable bonds is 10. The molecule has 1 aliphatic carbocycles. The fourth-order valence-electron chi connectivity index (χ4n) is 4.48. The number of carbonyl (C=O) groups is 2. The molecule has 0 bridgehead atoms. The monoisotopic (exact) mass is 483 g/mol. The van der Waals surface area contributed by atoms with E-state index in [1.54, 1.807) is 7.11 Å². The van der Waals surface area contributed by atoms with Crippen molar-refractivity contribution in [2.45, 2.75) is 25.7 Å². The Labute approximate surface area is 207 Å². The lowest BCUT2D eigenvalue weighted by atomic mass is 9.73. The molecule has 1 heterocycles. The molecule has 0 aromatic heterocycles. The molecule has 0 saturated carbocycles. The number of amides is 2. The van der Waals surface area contributed by atoms with Crippen LogP contribution in [-0.2, 0) is 19.1 Å². The fourth-order valence-corrected chi connectivity index (χ4v) is 4.48. The van der Waals surface area contributed by atoms with Gasteiger partial charge in [-0.2, -0.15) is 0 Å². The first-order chi connectivity index (χ1) is 16.8. The molecule has 1 aromatic carbocycles. The Morgan fingerprint density at radius 3 is 2.51 bits per heavy atom. The van der Waals surface area contributed by atoms with Gasteiger partial charge in [-0.05, 0) is 19.0 Å². The van der Waals surface area contributed by atoms with Crippen LogP contribution in [0.25, 0.3) is 5.57 Å². The predicted molar refractivity (Wildman–Crippen MR) is 135 cm³/mol. The van der Waals surface area contributed by atoms with Crippen LogP contribution in [-0.4, -0.2) is 81.1 Å².